The van der Waals surface area contributed by atoms with E-state index in [0.717, 1.165) is 39.9 Å². The van der Waals surface area contributed by atoms with Crippen LogP contribution in [-0.2, 0) is 17.8 Å². The topological polar surface area (TPSA) is 97.4 Å². The molecule has 0 spiro atoms. The molecule has 36 heavy (non-hydrogen) atoms. The summed E-state index contributed by atoms with van der Waals surface area (Å²) >= 11 is 0. The minimum atomic E-state index is 0.0422. The van der Waals surface area contributed by atoms with Gasteiger partial charge in [0, 0.05) is 29.6 Å². The standard InChI is InChI=1S/C28H28N4O4/c1-3-16-32(18-25-30-31-28(36-25)24-9-6-17-35-24)26(33)15-14-22-21-7-4-5-8-23(21)29-27(22)19-10-12-20(34-2)13-11-19/h4-13,17,29H,3,14-16,18H2,1-2H3. The number of furan rings is 1. The summed E-state index contributed by atoms with van der Waals surface area (Å²) in [7, 11) is 1.66. The molecule has 0 fully saturated rings. The van der Waals surface area contributed by atoms with E-state index in [4.69, 9.17) is 13.6 Å². The van der Waals surface area contributed by atoms with Gasteiger partial charge in [0.15, 0.2) is 5.76 Å². The minimum absolute atomic E-state index is 0.0422. The number of ether oxygens (including phenoxy) is 1. The molecular weight excluding hydrogens is 456 g/mol. The molecular formula is C28H28N4O4. The van der Waals surface area contributed by atoms with Crippen LogP contribution in [-0.4, -0.2) is 39.6 Å². The van der Waals surface area contributed by atoms with Crippen molar-refractivity contribution >= 4 is 16.8 Å². The summed E-state index contributed by atoms with van der Waals surface area (Å²) in [5.74, 6) is 2.04. The number of rotatable bonds is 10. The molecule has 0 aliphatic heterocycles. The van der Waals surface area contributed by atoms with Gasteiger partial charge in [-0.25, -0.2) is 0 Å². The fraction of sp³-hybridized carbons (Fsp3) is 0.250. The van der Waals surface area contributed by atoms with Crippen LogP contribution in [0.15, 0.2) is 75.8 Å². The van der Waals surface area contributed by atoms with Crippen molar-refractivity contribution in [3.05, 3.63) is 78.4 Å². The molecule has 5 aromatic rings. The van der Waals surface area contributed by atoms with Crippen LogP contribution in [0, 0.1) is 0 Å². The molecule has 0 saturated carbocycles. The molecule has 1 amide bonds. The number of nitrogens with zero attached hydrogens (tertiary/aromatic N) is 3. The lowest BCUT2D eigenvalue weighted by molar-refractivity contribution is -0.132. The number of amides is 1. The average Bonchev–Trinajstić information content (AvgIpc) is 3.67. The maximum atomic E-state index is 13.3. The summed E-state index contributed by atoms with van der Waals surface area (Å²) in [6.07, 6.45) is 3.35. The highest BCUT2D eigenvalue weighted by atomic mass is 16.5. The molecule has 0 unspecified atom stereocenters. The monoisotopic (exact) mass is 484 g/mol. The Hall–Kier alpha value is -4.33. The maximum absolute atomic E-state index is 13.3. The van der Waals surface area contributed by atoms with Gasteiger partial charge in [-0.15, -0.1) is 10.2 Å². The predicted molar refractivity (Wildman–Crippen MR) is 136 cm³/mol. The van der Waals surface area contributed by atoms with Crippen LogP contribution >= 0.6 is 0 Å². The van der Waals surface area contributed by atoms with E-state index < -0.39 is 0 Å². The summed E-state index contributed by atoms with van der Waals surface area (Å²) in [6.45, 7) is 2.92. The Morgan fingerprint density at radius 3 is 2.64 bits per heavy atom. The SMILES string of the molecule is CCCN(Cc1nnc(-c2ccco2)o1)C(=O)CCc1c(-c2ccc(OC)cc2)[nH]c2ccccc12. The van der Waals surface area contributed by atoms with Gasteiger partial charge in [-0.3, -0.25) is 4.79 Å². The Morgan fingerprint density at radius 2 is 1.89 bits per heavy atom. The maximum Gasteiger partial charge on any atom is 0.283 e. The number of aromatic amines is 1. The van der Waals surface area contributed by atoms with E-state index >= 15 is 0 Å². The van der Waals surface area contributed by atoms with Crippen molar-refractivity contribution in [2.75, 3.05) is 13.7 Å². The molecule has 1 N–H and O–H groups in total. The van der Waals surface area contributed by atoms with Gasteiger partial charge in [0.05, 0.1) is 19.9 Å². The Kier molecular flexibility index (Phi) is 6.84. The van der Waals surface area contributed by atoms with E-state index in [1.165, 1.54) is 0 Å². The number of fused-ring (bicyclic) bond motifs is 1. The molecule has 3 aromatic heterocycles. The minimum Gasteiger partial charge on any atom is -0.497 e. The number of benzene rings is 2. The molecule has 0 aliphatic rings. The molecule has 3 heterocycles. The third kappa shape index (κ3) is 4.88. The van der Waals surface area contributed by atoms with Crippen LogP contribution in [0.5, 0.6) is 5.75 Å². The van der Waals surface area contributed by atoms with Gasteiger partial charge in [0.1, 0.15) is 5.75 Å². The van der Waals surface area contributed by atoms with E-state index in [1.54, 1.807) is 30.4 Å². The van der Waals surface area contributed by atoms with Crippen molar-refractivity contribution in [2.24, 2.45) is 0 Å². The number of aromatic nitrogens is 3. The molecule has 0 atom stereocenters. The molecule has 0 aliphatic carbocycles. The molecule has 0 saturated heterocycles. The zero-order chi connectivity index (χ0) is 24.9. The molecule has 0 bridgehead atoms. The Bertz CT molecular complexity index is 1430. The van der Waals surface area contributed by atoms with Gasteiger partial charge in [0.2, 0.25) is 11.8 Å². The molecule has 8 heteroatoms. The Morgan fingerprint density at radius 1 is 1.06 bits per heavy atom. The third-order valence-electron chi connectivity index (χ3n) is 6.15. The second-order valence-corrected chi connectivity index (χ2v) is 8.55. The summed E-state index contributed by atoms with van der Waals surface area (Å²) in [4.78, 5) is 18.6. The first-order valence-electron chi connectivity index (χ1n) is 12.0. The average molecular weight is 485 g/mol. The van der Waals surface area contributed by atoms with E-state index in [9.17, 15) is 4.79 Å². The van der Waals surface area contributed by atoms with Crippen molar-refractivity contribution < 1.29 is 18.4 Å². The zero-order valence-corrected chi connectivity index (χ0v) is 20.4. The quantitative estimate of drug-likeness (QED) is 0.267. The van der Waals surface area contributed by atoms with Crippen LogP contribution in [0.1, 0.15) is 31.2 Å². The van der Waals surface area contributed by atoms with Crippen LogP contribution in [0.25, 0.3) is 33.8 Å². The second-order valence-electron chi connectivity index (χ2n) is 8.55. The smallest absolute Gasteiger partial charge is 0.283 e. The number of aryl methyl sites for hydroxylation is 1. The molecule has 2 aromatic carbocycles. The van der Waals surface area contributed by atoms with Crippen molar-refractivity contribution in [3.63, 3.8) is 0 Å². The highest BCUT2D eigenvalue weighted by Crippen LogP contribution is 2.32. The molecule has 184 valence electrons. The van der Waals surface area contributed by atoms with Gasteiger partial charge in [-0.05, 0) is 66.4 Å². The summed E-state index contributed by atoms with van der Waals surface area (Å²) in [6, 6.07) is 19.7. The normalized spacial score (nSPS) is 11.2. The van der Waals surface area contributed by atoms with E-state index in [-0.39, 0.29) is 12.5 Å². The highest BCUT2D eigenvalue weighted by Gasteiger charge is 2.20. The first-order valence-corrected chi connectivity index (χ1v) is 12.0. The van der Waals surface area contributed by atoms with Crippen LogP contribution in [0.3, 0.4) is 0 Å². The lowest BCUT2D eigenvalue weighted by atomic mass is 10.0. The Labute approximate surface area is 208 Å². The van der Waals surface area contributed by atoms with Crippen LogP contribution in [0.2, 0.25) is 0 Å². The zero-order valence-electron chi connectivity index (χ0n) is 20.4. The first-order chi connectivity index (χ1) is 17.7. The Balaban J connectivity index is 1.35. The predicted octanol–water partition coefficient (Wildman–Crippen LogP) is 5.86. The third-order valence-corrected chi connectivity index (χ3v) is 6.15. The van der Waals surface area contributed by atoms with Gasteiger partial charge in [-0.1, -0.05) is 25.1 Å². The number of methoxy groups -OCH3 is 1. The number of nitrogens with one attached hydrogen (secondary N) is 1. The summed E-state index contributed by atoms with van der Waals surface area (Å²) < 4.78 is 16.4. The molecule has 0 radical (unpaired) electrons. The van der Waals surface area contributed by atoms with Gasteiger partial charge < -0.3 is 23.5 Å². The fourth-order valence-electron chi connectivity index (χ4n) is 4.40. The lowest BCUT2D eigenvalue weighted by Gasteiger charge is -2.20. The number of hydrogen-bond acceptors (Lipinski definition) is 6. The largest absolute Gasteiger partial charge is 0.497 e. The number of carbonyl (C=O) groups excluding carboxylic acids is 1. The van der Waals surface area contributed by atoms with Crippen molar-refractivity contribution in [1.29, 1.82) is 0 Å². The highest BCUT2D eigenvalue weighted by molar-refractivity contribution is 5.91. The van der Waals surface area contributed by atoms with E-state index in [2.05, 4.69) is 27.3 Å². The fourth-order valence-corrected chi connectivity index (χ4v) is 4.40. The van der Waals surface area contributed by atoms with Crippen molar-refractivity contribution in [3.8, 4) is 28.7 Å². The lowest BCUT2D eigenvalue weighted by Crippen LogP contribution is -2.31. The van der Waals surface area contributed by atoms with Crippen molar-refractivity contribution in [2.45, 2.75) is 32.7 Å². The number of hydrogen-bond donors (Lipinski definition) is 1. The first kappa shape index (κ1) is 23.4. The number of H-pyrrole nitrogens is 1. The number of carbonyl (C=O) groups is 1. The molecule has 8 nitrogen and oxygen atoms in total. The summed E-state index contributed by atoms with van der Waals surface area (Å²) in [5.41, 5.74) is 4.25. The van der Waals surface area contributed by atoms with E-state index in [1.807, 2.05) is 43.3 Å². The van der Waals surface area contributed by atoms with E-state index in [0.29, 0.717) is 36.9 Å². The van der Waals surface area contributed by atoms with Crippen LogP contribution < -0.4 is 4.74 Å². The number of para-hydroxylation sites is 1. The van der Waals surface area contributed by atoms with Crippen LogP contribution in [0.4, 0.5) is 0 Å². The second kappa shape index (κ2) is 10.5. The summed E-state index contributed by atoms with van der Waals surface area (Å²) in [5, 5.41) is 9.28. The van der Waals surface area contributed by atoms with Gasteiger partial charge in [0.25, 0.3) is 5.89 Å². The van der Waals surface area contributed by atoms with Gasteiger partial charge in [-0.2, -0.15) is 0 Å². The van der Waals surface area contributed by atoms with Crippen molar-refractivity contribution in [1.82, 2.24) is 20.1 Å². The van der Waals surface area contributed by atoms with Gasteiger partial charge >= 0.3 is 0 Å². The molecule has 5 rings (SSSR count).